The molecule has 0 saturated carbocycles. The normalized spacial score (nSPS) is 14.1. The molecule has 240 valence electrons. The summed E-state index contributed by atoms with van der Waals surface area (Å²) in [5.41, 5.74) is 1.08. The number of anilines is 2. The van der Waals surface area contributed by atoms with Crippen molar-refractivity contribution in [2.45, 2.75) is 57.7 Å². The molecule has 1 saturated heterocycles. The molecule has 1 fully saturated rings. The Balaban J connectivity index is 1.41. The molecule has 0 aliphatic carbocycles. The first kappa shape index (κ1) is 33.1. The van der Waals surface area contributed by atoms with Gasteiger partial charge < -0.3 is 29.8 Å². The Hall–Kier alpha value is -4.79. The molecule has 3 heterocycles. The summed E-state index contributed by atoms with van der Waals surface area (Å²) in [6, 6.07) is 6.95. The van der Waals surface area contributed by atoms with Gasteiger partial charge in [0.15, 0.2) is 0 Å². The summed E-state index contributed by atoms with van der Waals surface area (Å²) < 4.78 is 10.8. The zero-order chi connectivity index (χ0) is 32.0. The second-order valence-electron chi connectivity index (χ2n) is 10.1. The van der Waals surface area contributed by atoms with E-state index in [2.05, 4.69) is 30.4 Å². The van der Waals surface area contributed by atoms with Crippen LogP contribution in [0.25, 0.3) is 0 Å². The molecule has 1 amide bonds. The van der Waals surface area contributed by atoms with Gasteiger partial charge >= 0.3 is 5.97 Å². The number of benzene rings is 1. The summed E-state index contributed by atoms with van der Waals surface area (Å²) in [7, 11) is 1.54. The van der Waals surface area contributed by atoms with E-state index in [9.17, 15) is 19.7 Å². The van der Waals surface area contributed by atoms with Gasteiger partial charge in [-0.05, 0) is 49.4 Å². The van der Waals surface area contributed by atoms with Crippen LogP contribution in [0.3, 0.4) is 0 Å². The van der Waals surface area contributed by atoms with Crippen LogP contribution < -0.4 is 20.3 Å². The number of nitrogens with one attached hydrogen (secondary N) is 2. The quantitative estimate of drug-likeness (QED) is 0.0940. The number of carbonyl (C=O) groups is 2. The molecule has 15 nitrogen and oxygen atoms in total. The van der Waals surface area contributed by atoms with Gasteiger partial charge in [-0.15, -0.1) is 10.1 Å². The second-order valence-corrected chi connectivity index (χ2v) is 10.5. The third-order valence-corrected chi connectivity index (χ3v) is 7.31. The van der Waals surface area contributed by atoms with Gasteiger partial charge in [-0.2, -0.15) is 4.98 Å². The zero-order valence-electron chi connectivity index (χ0n) is 24.8. The van der Waals surface area contributed by atoms with Crippen LogP contribution in [0.2, 0.25) is 5.02 Å². The van der Waals surface area contributed by atoms with E-state index in [1.165, 1.54) is 6.20 Å². The molecule has 1 aromatic carbocycles. The molecule has 1 unspecified atom stereocenters. The first-order valence-electron chi connectivity index (χ1n) is 14.5. The van der Waals surface area contributed by atoms with Gasteiger partial charge in [0.05, 0.1) is 31.3 Å². The van der Waals surface area contributed by atoms with Crippen molar-refractivity contribution >= 4 is 35.2 Å². The summed E-state index contributed by atoms with van der Waals surface area (Å²) >= 11 is 6.31. The Labute approximate surface area is 264 Å². The zero-order valence-corrected chi connectivity index (χ0v) is 25.6. The highest BCUT2D eigenvalue weighted by atomic mass is 35.5. The van der Waals surface area contributed by atoms with Crippen molar-refractivity contribution < 1.29 is 29.0 Å². The maximum Gasteiger partial charge on any atom is 0.305 e. The van der Waals surface area contributed by atoms with Gasteiger partial charge in [-0.3, -0.25) is 9.59 Å². The van der Waals surface area contributed by atoms with Gasteiger partial charge in [-0.25, -0.2) is 15.0 Å². The lowest BCUT2D eigenvalue weighted by molar-refractivity contribution is -0.757. The summed E-state index contributed by atoms with van der Waals surface area (Å²) in [4.78, 5) is 59.5. The predicted molar refractivity (Wildman–Crippen MR) is 163 cm³/mol. The van der Waals surface area contributed by atoms with Crippen molar-refractivity contribution in [3.63, 3.8) is 0 Å². The van der Waals surface area contributed by atoms with Crippen LogP contribution in [0.5, 0.6) is 5.75 Å². The fourth-order valence-electron chi connectivity index (χ4n) is 4.71. The number of hydrogen-bond acceptors (Lipinski definition) is 13. The van der Waals surface area contributed by atoms with Crippen LogP contribution in [-0.2, 0) is 27.5 Å². The number of halogens is 1. The molecule has 1 aliphatic heterocycles. The number of rotatable bonds is 17. The van der Waals surface area contributed by atoms with E-state index in [1.54, 1.807) is 37.7 Å². The van der Waals surface area contributed by atoms with Crippen molar-refractivity contribution in [2.24, 2.45) is 0 Å². The fraction of sp³-hybridized carbons (Fsp3) is 0.448. The van der Waals surface area contributed by atoms with Crippen LogP contribution in [0.4, 0.5) is 11.8 Å². The average Bonchev–Trinajstić information content (AvgIpc) is 3.52. The topological polar surface area (TPSA) is 184 Å². The van der Waals surface area contributed by atoms with Crippen LogP contribution in [0, 0.1) is 10.1 Å². The van der Waals surface area contributed by atoms with Crippen LogP contribution in [0.15, 0.2) is 42.9 Å². The highest BCUT2D eigenvalue weighted by Gasteiger charge is 2.29. The molecular weight excluding hydrogens is 608 g/mol. The van der Waals surface area contributed by atoms with Gasteiger partial charge in [-0.1, -0.05) is 24.1 Å². The number of amides is 1. The second kappa shape index (κ2) is 16.9. The van der Waals surface area contributed by atoms with Gasteiger partial charge in [0.25, 0.3) is 11.0 Å². The molecule has 45 heavy (non-hydrogen) atoms. The van der Waals surface area contributed by atoms with E-state index < -0.39 is 11.0 Å². The minimum atomic E-state index is -0.828. The largest absolute Gasteiger partial charge is 0.495 e. The molecule has 3 aromatic rings. The third kappa shape index (κ3) is 10.1. The van der Waals surface area contributed by atoms with Crippen molar-refractivity contribution in [1.29, 1.82) is 0 Å². The van der Waals surface area contributed by atoms with Crippen molar-refractivity contribution in [2.75, 3.05) is 37.1 Å². The Morgan fingerprint density at radius 2 is 1.98 bits per heavy atom. The molecule has 2 aromatic heterocycles. The minimum Gasteiger partial charge on any atom is -0.495 e. The van der Waals surface area contributed by atoms with Gasteiger partial charge in [0, 0.05) is 38.1 Å². The minimum absolute atomic E-state index is 0.00562. The lowest BCUT2D eigenvalue weighted by atomic mass is 10.2. The molecule has 0 bridgehead atoms. The Morgan fingerprint density at radius 1 is 1.16 bits per heavy atom. The lowest BCUT2D eigenvalue weighted by Gasteiger charge is -2.25. The standard InChI is InChI=1S/C29H35ClN8O7/c1-43-24-10-9-20(15-23(24)30)16-33-27-22(28(40)34-18-25-31-11-6-12-32-25)17-35-29(36-27)37-13-5-7-21(37)19-44-26(39)8-3-2-4-14-45-38(41)42/h6,9-12,15,17,21H,2-5,7-8,13-14,16,18-19H2,1H3,(H,34,40)(H,33,35,36). The predicted octanol–water partition coefficient (Wildman–Crippen LogP) is 3.75. The summed E-state index contributed by atoms with van der Waals surface area (Å²) in [5, 5.41) is 15.9. The Bertz CT molecular complexity index is 1450. The molecule has 4 rings (SSSR count). The summed E-state index contributed by atoms with van der Waals surface area (Å²) in [6.45, 7) is 1.27. The molecule has 0 radical (unpaired) electrons. The van der Waals surface area contributed by atoms with E-state index in [1.807, 2.05) is 11.0 Å². The maximum atomic E-state index is 13.2. The number of unbranched alkanes of at least 4 members (excludes halogenated alkanes) is 2. The number of methoxy groups -OCH3 is 1. The van der Waals surface area contributed by atoms with Crippen molar-refractivity contribution in [1.82, 2.24) is 25.3 Å². The van der Waals surface area contributed by atoms with Gasteiger partial charge in [0.2, 0.25) is 5.95 Å². The number of carbonyl (C=O) groups excluding carboxylic acids is 2. The highest BCUT2D eigenvalue weighted by molar-refractivity contribution is 6.32. The average molecular weight is 643 g/mol. The van der Waals surface area contributed by atoms with E-state index in [4.69, 9.17) is 26.1 Å². The van der Waals surface area contributed by atoms with Crippen molar-refractivity contribution in [3.8, 4) is 5.75 Å². The molecule has 16 heteroatoms. The Morgan fingerprint density at radius 3 is 2.73 bits per heavy atom. The number of hydrogen-bond donors (Lipinski definition) is 2. The molecule has 0 spiro atoms. The maximum absolute atomic E-state index is 13.2. The number of aromatic nitrogens is 4. The van der Waals surface area contributed by atoms with Crippen LogP contribution >= 0.6 is 11.6 Å². The van der Waals surface area contributed by atoms with Crippen molar-refractivity contribution in [3.05, 3.63) is 74.9 Å². The molecular formula is C29H35ClN8O7. The van der Waals surface area contributed by atoms with E-state index in [0.29, 0.717) is 60.7 Å². The number of esters is 1. The van der Waals surface area contributed by atoms with E-state index >= 15 is 0 Å². The first-order chi connectivity index (χ1) is 21.8. The summed E-state index contributed by atoms with van der Waals surface area (Å²) in [5.74, 6) is 0.994. The van der Waals surface area contributed by atoms with Crippen LogP contribution in [-0.4, -0.2) is 69.8 Å². The molecule has 2 N–H and O–H groups in total. The van der Waals surface area contributed by atoms with Crippen LogP contribution in [0.1, 0.15) is 60.3 Å². The fourth-order valence-corrected chi connectivity index (χ4v) is 4.99. The Kier molecular flexibility index (Phi) is 12.4. The molecule has 1 aliphatic rings. The molecule has 1 atom stereocenters. The smallest absolute Gasteiger partial charge is 0.305 e. The van der Waals surface area contributed by atoms with E-state index in [-0.39, 0.29) is 43.8 Å². The van der Waals surface area contributed by atoms with E-state index in [0.717, 1.165) is 18.4 Å². The lowest BCUT2D eigenvalue weighted by Crippen LogP contribution is -2.35. The number of ether oxygens (including phenoxy) is 2. The summed E-state index contributed by atoms with van der Waals surface area (Å²) in [6.07, 6.45) is 8.16. The SMILES string of the molecule is COc1ccc(CNc2nc(N3CCCC3COC(=O)CCCCCO[N+](=O)[O-])ncc2C(=O)NCc2ncccn2)cc1Cl. The van der Waals surface area contributed by atoms with Gasteiger partial charge in [0.1, 0.15) is 29.6 Å². The monoisotopic (exact) mass is 642 g/mol. The first-order valence-corrected chi connectivity index (χ1v) is 14.9. The number of nitrogens with zero attached hydrogens (tertiary/aromatic N) is 6. The third-order valence-electron chi connectivity index (χ3n) is 7.02. The highest BCUT2D eigenvalue weighted by Crippen LogP contribution is 2.27.